The third-order valence-electron chi connectivity index (χ3n) is 6.48. The first-order valence-corrected chi connectivity index (χ1v) is 11.7. The quantitative estimate of drug-likeness (QED) is 0.542. The fourth-order valence-corrected chi connectivity index (χ4v) is 4.34. The van der Waals surface area contributed by atoms with Crippen LogP contribution in [0.15, 0.2) is 24.3 Å². The van der Waals surface area contributed by atoms with Gasteiger partial charge in [-0.2, -0.15) is 15.0 Å². The van der Waals surface area contributed by atoms with E-state index in [-0.39, 0.29) is 42.6 Å². The Kier molecular flexibility index (Phi) is 9.23. The number of likely N-dealkylation sites (N-methyl/N-ethyl adjacent to an activating group) is 1. The average molecular weight is 493 g/mol. The number of rotatable bonds is 7. The second-order valence-corrected chi connectivity index (χ2v) is 8.83. The second kappa shape index (κ2) is 12.1. The molecule has 2 fully saturated rings. The van der Waals surface area contributed by atoms with E-state index in [1.807, 2.05) is 0 Å². The van der Waals surface area contributed by atoms with Crippen LogP contribution in [-0.2, 0) is 11.3 Å². The molecule has 2 aliphatic rings. The average Bonchev–Trinajstić information content (AvgIpc) is 2.84. The number of benzene rings is 1. The number of nitrogens with one attached hydrogen (secondary N) is 3. The van der Waals surface area contributed by atoms with Gasteiger partial charge in [0, 0.05) is 57.3 Å². The van der Waals surface area contributed by atoms with E-state index in [1.165, 1.54) is 6.07 Å². The molecule has 0 bridgehead atoms. The first-order valence-electron chi connectivity index (χ1n) is 11.7. The summed E-state index contributed by atoms with van der Waals surface area (Å²) in [4.78, 5) is 30.7. The molecular formula is C23H34ClFN8O. The number of amides is 1. The standard InChI is InChI=1S/C23H33FN8O.ClH/c1-25-21-28-22(30-23(29-21)32-13-11-31(2)12-14-32)27-18-9-7-16(8-10-18)20(33)26-15-17-5-3-4-6-19(17)24;/h3-6,16,18H,7-15H2,1-2H3,(H,26,33)(H2,25,27,28,29,30);1H. The van der Waals surface area contributed by atoms with Gasteiger partial charge in [0.25, 0.3) is 0 Å². The first-order chi connectivity index (χ1) is 16.0. The number of aromatic nitrogens is 3. The van der Waals surface area contributed by atoms with Crippen molar-refractivity contribution in [1.82, 2.24) is 25.2 Å². The summed E-state index contributed by atoms with van der Waals surface area (Å²) in [6.07, 6.45) is 3.25. The largest absolute Gasteiger partial charge is 0.357 e. The summed E-state index contributed by atoms with van der Waals surface area (Å²) in [5.41, 5.74) is 0.507. The molecule has 9 nitrogen and oxygen atoms in total. The fraction of sp³-hybridized carbons (Fsp3) is 0.565. The molecule has 1 saturated carbocycles. The van der Waals surface area contributed by atoms with Crippen molar-refractivity contribution in [3.8, 4) is 0 Å². The molecule has 1 aliphatic heterocycles. The van der Waals surface area contributed by atoms with E-state index in [9.17, 15) is 9.18 Å². The van der Waals surface area contributed by atoms with E-state index in [0.717, 1.165) is 51.9 Å². The minimum Gasteiger partial charge on any atom is -0.357 e. The summed E-state index contributed by atoms with van der Waals surface area (Å²) >= 11 is 0. The van der Waals surface area contributed by atoms with Crippen LogP contribution in [0.3, 0.4) is 0 Å². The van der Waals surface area contributed by atoms with E-state index >= 15 is 0 Å². The molecule has 1 aromatic heterocycles. The lowest BCUT2D eigenvalue weighted by Gasteiger charge is -2.33. The molecule has 1 aromatic carbocycles. The molecule has 3 N–H and O–H groups in total. The highest BCUT2D eigenvalue weighted by molar-refractivity contribution is 5.85. The Morgan fingerprint density at radius 2 is 1.71 bits per heavy atom. The molecule has 0 spiro atoms. The summed E-state index contributed by atoms with van der Waals surface area (Å²) in [7, 11) is 3.92. The molecule has 11 heteroatoms. The number of hydrogen-bond acceptors (Lipinski definition) is 8. The van der Waals surface area contributed by atoms with Crippen molar-refractivity contribution in [2.24, 2.45) is 5.92 Å². The monoisotopic (exact) mass is 492 g/mol. The molecular weight excluding hydrogens is 459 g/mol. The van der Waals surface area contributed by atoms with Gasteiger partial charge in [-0.05, 0) is 38.8 Å². The van der Waals surface area contributed by atoms with E-state index in [4.69, 9.17) is 0 Å². The van der Waals surface area contributed by atoms with Crippen molar-refractivity contribution in [2.45, 2.75) is 38.3 Å². The Bertz CT molecular complexity index is 948. The summed E-state index contributed by atoms with van der Waals surface area (Å²) in [6, 6.07) is 6.73. The molecule has 1 saturated heterocycles. The van der Waals surface area contributed by atoms with E-state index < -0.39 is 0 Å². The second-order valence-electron chi connectivity index (χ2n) is 8.83. The van der Waals surface area contributed by atoms with Crippen LogP contribution in [0.2, 0.25) is 0 Å². The van der Waals surface area contributed by atoms with Crippen LogP contribution in [0.4, 0.5) is 22.2 Å². The van der Waals surface area contributed by atoms with Gasteiger partial charge in [-0.25, -0.2) is 4.39 Å². The number of piperazine rings is 1. The number of halogens is 2. The topological polar surface area (TPSA) is 98.3 Å². The lowest BCUT2D eigenvalue weighted by atomic mass is 9.85. The van der Waals surface area contributed by atoms with E-state index in [0.29, 0.717) is 23.4 Å². The van der Waals surface area contributed by atoms with Crippen LogP contribution in [0.5, 0.6) is 0 Å². The van der Waals surface area contributed by atoms with E-state index in [2.05, 4.69) is 47.7 Å². The van der Waals surface area contributed by atoms with Crippen molar-refractivity contribution in [1.29, 1.82) is 0 Å². The number of carbonyl (C=O) groups excluding carboxylic acids is 1. The smallest absolute Gasteiger partial charge is 0.232 e. The molecule has 2 heterocycles. The summed E-state index contributed by atoms with van der Waals surface area (Å²) < 4.78 is 13.8. The fourth-order valence-electron chi connectivity index (χ4n) is 4.34. The van der Waals surface area contributed by atoms with Crippen molar-refractivity contribution in [2.75, 3.05) is 55.8 Å². The van der Waals surface area contributed by atoms with E-state index in [1.54, 1.807) is 25.2 Å². The molecule has 0 atom stereocenters. The van der Waals surface area contributed by atoms with Gasteiger partial charge in [-0.15, -0.1) is 12.4 Å². The van der Waals surface area contributed by atoms with Gasteiger partial charge in [-0.3, -0.25) is 4.79 Å². The number of carbonyl (C=O) groups is 1. The normalized spacial score (nSPS) is 20.9. The third-order valence-corrected chi connectivity index (χ3v) is 6.48. The Balaban J connectivity index is 0.00000324. The Morgan fingerprint density at radius 3 is 2.38 bits per heavy atom. The zero-order valence-corrected chi connectivity index (χ0v) is 20.6. The highest BCUT2D eigenvalue weighted by Crippen LogP contribution is 2.27. The molecule has 2 aromatic rings. The molecule has 186 valence electrons. The summed E-state index contributed by atoms with van der Waals surface area (Å²) in [5, 5.41) is 9.36. The minimum absolute atomic E-state index is 0. The minimum atomic E-state index is -0.292. The van der Waals surface area contributed by atoms with Gasteiger partial charge in [-0.1, -0.05) is 18.2 Å². The third kappa shape index (κ3) is 6.66. The van der Waals surface area contributed by atoms with Crippen LogP contribution >= 0.6 is 12.4 Å². The lowest BCUT2D eigenvalue weighted by Crippen LogP contribution is -2.45. The highest BCUT2D eigenvalue weighted by Gasteiger charge is 2.27. The van der Waals surface area contributed by atoms with Crippen LogP contribution in [0, 0.1) is 11.7 Å². The molecule has 1 aliphatic carbocycles. The number of nitrogens with zero attached hydrogens (tertiary/aromatic N) is 5. The molecule has 1 amide bonds. The predicted molar refractivity (Wildman–Crippen MR) is 134 cm³/mol. The number of hydrogen-bond donors (Lipinski definition) is 3. The molecule has 0 unspecified atom stereocenters. The molecule has 0 radical (unpaired) electrons. The zero-order chi connectivity index (χ0) is 23.2. The van der Waals surface area contributed by atoms with Crippen LogP contribution in [0.25, 0.3) is 0 Å². The van der Waals surface area contributed by atoms with Crippen molar-refractivity contribution in [3.63, 3.8) is 0 Å². The van der Waals surface area contributed by atoms with Crippen molar-refractivity contribution < 1.29 is 9.18 Å². The molecule has 4 rings (SSSR count). The van der Waals surface area contributed by atoms with Crippen molar-refractivity contribution in [3.05, 3.63) is 35.6 Å². The van der Waals surface area contributed by atoms with Crippen molar-refractivity contribution >= 4 is 36.2 Å². The maximum atomic E-state index is 13.8. The molecule has 34 heavy (non-hydrogen) atoms. The Hall–Kier alpha value is -2.72. The summed E-state index contributed by atoms with van der Waals surface area (Å²) in [6.45, 7) is 3.95. The number of anilines is 3. The van der Waals surface area contributed by atoms with Gasteiger partial charge in [0.1, 0.15) is 5.82 Å². The maximum absolute atomic E-state index is 13.8. The summed E-state index contributed by atoms with van der Waals surface area (Å²) in [5.74, 6) is 1.44. The van der Waals surface area contributed by atoms with Gasteiger partial charge >= 0.3 is 0 Å². The lowest BCUT2D eigenvalue weighted by molar-refractivity contribution is -0.126. The van der Waals surface area contributed by atoms with Gasteiger partial charge in [0.2, 0.25) is 23.8 Å². The van der Waals surface area contributed by atoms with Crippen LogP contribution < -0.4 is 20.9 Å². The van der Waals surface area contributed by atoms with Crippen LogP contribution in [0.1, 0.15) is 31.2 Å². The van der Waals surface area contributed by atoms with Gasteiger partial charge in [0.15, 0.2) is 0 Å². The van der Waals surface area contributed by atoms with Gasteiger partial charge < -0.3 is 25.8 Å². The maximum Gasteiger partial charge on any atom is 0.232 e. The predicted octanol–water partition coefficient (Wildman–Crippen LogP) is 2.51. The Morgan fingerprint density at radius 1 is 1.03 bits per heavy atom. The van der Waals surface area contributed by atoms with Crippen LogP contribution in [-0.4, -0.2) is 72.1 Å². The van der Waals surface area contributed by atoms with Gasteiger partial charge in [0.05, 0.1) is 0 Å². The first kappa shape index (κ1) is 25.9. The Labute approximate surface area is 206 Å². The SMILES string of the molecule is CNc1nc(NC2CCC(C(=O)NCc3ccccc3F)CC2)nc(N2CCN(C)CC2)n1.Cl. The highest BCUT2D eigenvalue weighted by atomic mass is 35.5. The zero-order valence-electron chi connectivity index (χ0n) is 19.8.